The highest BCUT2D eigenvalue weighted by Crippen LogP contribution is 2.35. The molecule has 4 rings (SSSR count). The van der Waals surface area contributed by atoms with Crippen LogP contribution in [0.3, 0.4) is 0 Å². The summed E-state index contributed by atoms with van der Waals surface area (Å²) < 4.78 is 12.8. The van der Waals surface area contributed by atoms with Crippen molar-refractivity contribution >= 4 is 69.1 Å². The van der Waals surface area contributed by atoms with Crippen LogP contribution in [0.5, 0.6) is 11.6 Å². The van der Waals surface area contributed by atoms with Crippen LogP contribution in [0.15, 0.2) is 46.2 Å². The molecule has 0 aliphatic carbocycles. The number of hydrogen-bond acceptors (Lipinski definition) is 7. The number of aromatic nitrogens is 2. The molecule has 0 bridgehead atoms. The van der Waals surface area contributed by atoms with Crippen LogP contribution >= 0.6 is 47.2 Å². The molecule has 0 N–H and O–H groups in total. The summed E-state index contributed by atoms with van der Waals surface area (Å²) in [7, 11) is 1.54. The normalized spacial score (nSPS) is 15.2. The summed E-state index contributed by atoms with van der Waals surface area (Å²) in [5, 5.41) is 0.695. The molecule has 1 aliphatic rings. The number of benzene rings is 1. The number of thioether (sulfide) groups is 1. The van der Waals surface area contributed by atoms with Crippen LogP contribution in [0.25, 0.3) is 11.7 Å². The van der Waals surface area contributed by atoms with Gasteiger partial charge in [-0.25, -0.2) is 0 Å². The second kappa shape index (κ2) is 9.82. The molecule has 0 saturated carbocycles. The van der Waals surface area contributed by atoms with E-state index in [9.17, 15) is 9.59 Å². The minimum Gasteiger partial charge on any atom is -0.437 e. The SMILES string of the molecule is COCCN1C(=O)/C(=C\c2c(Oc3ccc(Cl)cc3Cl)nc3c(C)cccn3c2=O)SC1=S. The molecular weight excluding hydrogens is 505 g/mol. The maximum absolute atomic E-state index is 13.4. The van der Waals surface area contributed by atoms with Crippen LogP contribution < -0.4 is 10.3 Å². The van der Waals surface area contributed by atoms with Crippen LogP contribution in [0.2, 0.25) is 10.0 Å². The van der Waals surface area contributed by atoms with Crippen molar-refractivity contribution in [3.8, 4) is 11.6 Å². The number of aryl methyl sites for hydroxylation is 1. The minimum absolute atomic E-state index is 0.0145. The van der Waals surface area contributed by atoms with E-state index in [2.05, 4.69) is 4.98 Å². The topological polar surface area (TPSA) is 73.1 Å². The second-order valence-electron chi connectivity index (χ2n) is 7.02. The lowest BCUT2D eigenvalue weighted by atomic mass is 10.2. The first-order valence-electron chi connectivity index (χ1n) is 9.69. The van der Waals surface area contributed by atoms with Crippen LogP contribution in [0.4, 0.5) is 0 Å². The van der Waals surface area contributed by atoms with Crippen molar-refractivity contribution in [3.05, 3.63) is 73.0 Å². The van der Waals surface area contributed by atoms with Gasteiger partial charge in [0.25, 0.3) is 11.5 Å². The van der Waals surface area contributed by atoms with Crippen LogP contribution in [0, 0.1) is 6.92 Å². The van der Waals surface area contributed by atoms with Gasteiger partial charge < -0.3 is 9.47 Å². The van der Waals surface area contributed by atoms with Crippen molar-refractivity contribution in [2.45, 2.75) is 6.92 Å². The molecule has 1 fully saturated rings. The highest BCUT2D eigenvalue weighted by atomic mass is 35.5. The average Bonchev–Trinajstić information content (AvgIpc) is 3.04. The third-order valence-electron chi connectivity index (χ3n) is 4.82. The second-order valence-corrected chi connectivity index (χ2v) is 9.54. The standard InChI is InChI=1S/C22H17Cl2N3O4S2/c1-12-4-3-7-26-18(12)25-19(31-16-6-5-13(23)10-15(16)24)14(20(26)28)11-17-21(29)27(8-9-30-2)22(32)33-17/h3-7,10-11H,8-9H2,1-2H3/b17-11+. The van der Waals surface area contributed by atoms with E-state index in [0.717, 1.165) is 17.3 Å². The fourth-order valence-electron chi connectivity index (χ4n) is 3.16. The number of fused-ring (bicyclic) bond motifs is 1. The molecule has 7 nitrogen and oxygen atoms in total. The van der Waals surface area contributed by atoms with Crippen LogP contribution in [-0.4, -0.2) is 44.8 Å². The first kappa shape index (κ1) is 23.7. The van der Waals surface area contributed by atoms with Crippen molar-refractivity contribution < 1.29 is 14.3 Å². The monoisotopic (exact) mass is 521 g/mol. The summed E-state index contributed by atoms with van der Waals surface area (Å²) in [5.74, 6) is -0.0276. The molecule has 0 spiro atoms. The van der Waals surface area contributed by atoms with Crippen LogP contribution in [-0.2, 0) is 9.53 Å². The van der Waals surface area contributed by atoms with Gasteiger partial charge in [0, 0.05) is 18.3 Å². The van der Waals surface area contributed by atoms with Gasteiger partial charge in [0.15, 0.2) is 0 Å². The van der Waals surface area contributed by atoms with Gasteiger partial charge in [0.05, 0.1) is 23.1 Å². The Morgan fingerprint density at radius 1 is 1.24 bits per heavy atom. The molecule has 33 heavy (non-hydrogen) atoms. The summed E-state index contributed by atoms with van der Waals surface area (Å²) in [6.07, 6.45) is 3.06. The van der Waals surface area contributed by atoms with Crippen molar-refractivity contribution in [2.75, 3.05) is 20.3 Å². The van der Waals surface area contributed by atoms with Gasteiger partial charge >= 0.3 is 0 Å². The fraction of sp³-hybridized carbons (Fsp3) is 0.182. The maximum Gasteiger partial charge on any atom is 0.269 e. The smallest absolute Gasteiger partial charge is 0.269 e. The Morgan fingerprint density at radius 2 is 2.03 bits per heavy atom. The number of thiocarbonyl (C=S) groups is 1. The zero-order chi connectivity index (χ0) is 23.7. The van der Waals surface area contributed by atoms with Gasteiger partial charge in [-0.1, -0.05) is 53.2 Å². The van der Waals surface area contributed by atoms with Gasteiger partial charge in [0.1, 0.15) is 21.3 Å². The highest BCUT2D eigenvalue weighted by Gasteiger charge is 2.32. The minimum atomic E-state index is -0.397. The lowest BCUT2D eigenvalue weighted by Gasteiger charge is -2.13. The third-order valence-corrected chi connectivity index (χ3v) is 6.73. The molecule has 1 saturated heterocycles. The number of carbonyl (C=O) groups excluding carboxylic acids is 1. The molecule has 3 heterocycles. The Hall–Kier alpha value is -2.43. The number of pyridine rings is 1. The third kappa shape index (κ3) is 4.78. The number of methoxy groups -OCH3 is 1. The van der Waals surface area contributed by atoms with Gasteiger partial charge in [0.2, 0.25) is 5.88 Å². The summed E-state index contributed by atoms with van der Waals surface area (Å²) in [5.41, 5.74) is 0.897. The van der Waals surface area contributed by atoms with Gasteiger partial charge in [-0.2, -0.15) is 4.98 Å². The Labute approximate surface area is 208 Å². The largest absolute Gasteiger partial charge is 0.437 e. The number of carbonyl (C=O) groups is 1. The number of halogens is 2. The Morgan fingerprint density at radius 3 is 2.76 bits per heavy atom. The molecular formula is C22H17Cl2N3O4S2. The van der Waals surface area contributed by atoms with E-state index in [1.165, 1.54) is 21.4 Å². The Kier molecular flexibility index (Phi) is 7.06. The summed E-state index contributed by atoms with van der Waals surface area (Å²) >= 11 is 18.7. The highest BCUT2D eigenvalue weighted by molar-refractivity contribution is 8.26. The Balaban J connectivity index is 1.86. The first-order valence-corrected chi connectivity index (χ1v) is 11.7. The lowest BCUT2D eigenvalue weighted by molar-refractivity contribution is -0.122. The van der Waals surface area contributed by atoms with Crippen molar-refractivity contribution in [1.29, 1.82) is 0 Å². The fourth-order valence-corrected chi connectivity index (χ4v) is 4.90. The molecule has 1 amide bonds. The van der Waals surface area contributed by atoms with E-state index in [-0.39, 0.29) is 33.0 Å². The summed E-state index contributed by atoms with van der Waals surface area (Å²) in [6, 6.07) is 8.30. The molecule has 1 aromatic carbocycles. The van der Waals surface area contributed by atoms with E-state index in [1.807, 2.05) is 13.0 Å². The molecule has 0 atom stereocenters. The zero-order valence-corrected chi connectivity index (χ0v) is 20.6. The predicted molar refractivity (Wildman–Crippen MR) is 134 cm³/mol. The molecule has 2 aromatic heterocycles. The molecule has 170 valence electrons. The van der Waals surface area contributed by atoms with E-state index in [0.29, 0.717) is 28.1 Å². The van der Waals surface area contributed by atoms with E-state index in [4.69, 9.17) is 44.9 Å². The van der Waals surface area contributed by atoms with Gasteiger partial charge in [-0.05, 0) is 42.8 Å². The summed E-state index contributed by atoms with van der Waals surface area (Å²) in [4.78, 5) is 32.6. The van der Waals surface area contributed by atoms with E-state index < -0.39 is 5.56 Å². The predicted octanol–water partition coefficient (Wildman–Crippen LogP) is 4.95. The number of nitrogens with zero attached hydrogens (tertiary/aromatic N) is 3. The van der Waals surface area contributed by atoms with Gasteiger partial charge in [-0.15, -0.1) is 0 Å². The van der Waals surface area contributed by atoms with Crippen LogP contribution in [0.1, 0.15) is 11.1 Å². The van der Waals surface area contributed by atoms with Gasteiger partial charge in [-0.3, -0.25) is 18.9 Å². The number of amides is 1. The number of rotatable bonds is 6. The quantitative estimate of drug-likeness (QED) is 0.335. The van der Waals surface area contributed by atoms with Crippen molar-refractivity contribution in [3.63, 3.8) is 0 Å². The molecule has 3 aromatic rings. The first-order chi connectivity index (χ1) is 15.8. The molecule has 1 aliphatic heterocycles. The van der Waals surface area contributed by atoms with E-state index in [1.54, 1.807) is 31.5 Å². The maximum atomic E-state index is 13.4. The summed E-state index contributed by atoms with van der Waals surface area (Å²) in [6.45, 7) is 2.49. The number of hydrogen-bond donors (Lipinski definition) is 0. The average molecular weight is 522 g/mol. The van der Waals surface area contributed by atoms with Crippen molar-refractivity contribution in [1.82, 2.24) is 14.3 Å². The number of ether oxygens (including phenoxy) is 2. The molecule has 0 unspecified atom stereocenters. The zero-order valence-electron chi connectivity index (χ0n) is 17.5. The molecule has 0 radical (unpaired) electrons. The van der Waals surface area contributed by atoms with E-state index >= 15 is 0 Å². The molecule has 11 heteroatoms. The van der Waals surface area contributed by atoms with Crippen molar-refractivity contribution in [2.24, 2.45) is 0 Å². The lowest BCUT2D eigenvalue weighted by Crippen LogP contribution is -2.31. The Bertz CT molecular complexity index is 1370.